The van der Waals surface area contributed by atoms with Crippen molar-refractivity contribution in [1.82, 2.24) is 9.55 Å². The molecule has 0 spiro atoms. The van der Waals surface area contributed by atoms with Crippen LogP contribution in [-0.2, 0) is 12.8 Å². The van der Waals surface area contributed by atoms with Gasteiger partial charge in [-0.3, -0.25) is 0 Å². The van der Waals surface area contributed by atoms with E-state index in [1.807, 2.05) is 6.07 Å². The molecule has 1 aromatic heterocycles. The Hall–Kier alpha value is -1.01. The van der Waals surface area contributed by atoms with E-state index < -0.39 is 0 Å². The largest absolute Gasteiger partial charge is 0.322 e. The number of aromatic nitrogens is 2. The van der Waals surface area contributed by atoms with Crippen molar-refractivity contribution in [1.29, 1.82) is 0 Å². The van der Waals surface area contributed by atoms with Crippen molar-refractivity contribution in [3.8, 4) is 0 Å². The van der Waals surface area contributed by atoms with Gasteiger partial charge in [0.05, 0.1) is 11.0 Å². The molecule has 19 heavy (non-hydrogen) atoms. The summed E-state index contributed by atoms with van der Waals surface area (Å²) in [6.45, 7) is 0. The Morgan fingerprint density at radius 2 is 1.84 bits per heavy atom. The normalized spacial score (nSPS) is 11.1. The van der Waals surface area contributed by atoms with E-state index in [4.69, 9.17) is 0 Å². The lowest BCUT2D eigenvalue weighted by molar-refractivity contribution is 0.815. The van der Waals surface area contributed by atoms with Crippen molar-refractivity contribution in [2.45, 2.75) is 10.9 Å². The molecule has 0 saturated heterocycles. The van der Waals surface area contributed by atoms with Gasteiger partial charge in [-0.05, 0) is 52.4 Å². The van der Waals surface area contributed by atoms with Crippen LogP contribution in [0.4, 0.5) is 0 Å². The van der Waals surface area contributed by atoms with Crippen molar-refractivity contribution >= 4 is 45.4 Å². The fourth-order valence-electron chi connectivity index (χ4n) is 1.98. The highest BCUT2D eigenvalue weighted by Gasteiger charge is 2.07. The lowest BCUT2D eigenvalue weighted by atomic mass is 10.2. The van der Waals surface area contributed by atoms with Gasteiger partial charge in [0.2, 0.25) is 0 Å². The number of thioether (sulfide) groups is 1. The first-order valence-electron chi connectivity index (χ1n) is 6.03. The molecule has 0 radical (unpaired) electrons. The molecule has 1 heterocycles. The standard InChI is InChI=1S/C15H13IN2S/c1-18-14-5-3-2-4-13(14)17-15(18)19-10-11-6-8-12(16)9-7-11/h2-9H,10H2,1H3. The van der Waals surface area contributed by atoms with Crippen LogP contribution in [0.25, 0.3) is 11.0 Å². The molecule has 0 atom stereocenters. The zero-order valence-electron chi connectivity index (χ0n) is 10.5. The summed E-state index contributed by atoms with van der Waals surface area (Å²) in [6.07, 6.45) is 0. The van der Waals surface area contributed by atoms with Crippen LogP contribution in [0, 0.1) is 3.57 Å². The molecule has 0 aliphatic carbocycles. The first-order valence-corrected chi connectivity index (χ1v) is 8.09. The zero-order valence-corrected chi connectivity index (χ0v) is 13.5. The van der Waals surface area contributed by atoms with E-state index in [1.54, 1.807) is 11.8 Å². The van der Waals surface area contributed by atoms with Gasteiger partial charge >= 0.3 is 0 Å². The Morgan fingerprint density at radius 1 is 1.11 bits per heavy atom. The van der Waals surface area contributed by atoms with Gasteiger partial charge in [-0.2, -0.15) is 0 Å². The molecular formula is C15H13IN2S. The number of imidazole rings is 1. The number of nitrogens with zero attached hydrogens (tertiary/aromatic N) is 2. The van der Waals surface area contributed by atoms with E-state index in [0.717, 1.165) is 16.4 Å². The number of halogens is 1. The van der Waals surface area contributed by atoms with Gasteiger partial charge in [-0.1, -0.05) is 36.0 Å². The summed E-state index contributed by atoms with van der Waals surface area (Å²) in [5.74, 6) is 0.952. The highest BCUT2D eigenvalue weighted by molar-refractivity contribution is 14.1. The molecule has 0 amide bonds. The fraction of sp³-hybridized carbons (Fsp3) is 0.133. The second kappa shape index (κ2) is 5.54. The average Bonchev–Trinajstić information content (AvgIpc) is 2.76. The minimum Gasteiger partial charge on any atom is -0.322 e. The number of benzene rings is 2. The SMILES string of the molecule is Cn1c(SCc2ccc(I)cc2)nc2ccccc21. The van der Waals surface area contributed by atoms with Gasteiger partial charge in [0.15, 0.2) is 5.16 Å². The number of hydrogen-bond donors (Lipinski definition) is 0. The predicted octanol–water partition coefficient (Wildman–Crippen LogP) is 4.47. The van der Waals surface area contributed by atoms with E-state index in [1.165, 1.54) is 14.7 Å². The van der Waals surface area contributed by atoms with Gasteiger partial charge in [0.1, 0.15) is 0 Å². The molecule has 0 unspecified atom stereocenters. The number of fused-ring (bicyclic) bond motifs is 1. The summed E-state index contributed by atoms with van der Waals surface area (Å²) in [7, 11) is 2.07. The summed E-state index contributed by atoms with van der Waals surface area (Å²) in [5.41, 5.74) is 3.58. The number of aryl methyl sites for hydroxylation is 1. The Balaban J connectivity index is 1.82. The van der Waals surface area contributed by atoms with Crippen LogP contribution in [0.2, 0.25) is 0 Å². The topological polar surface area (TPSA) is 17.8 Å². The minimum absolute atomic E-state index is 0.952. The lowest BCUT2D eigenvalue weighted by Gasteiger charge is -2.02. The summed E-state index contributed by atoms with van der Waals surface area (Å²) >= 11 is 4.11. The van der Waals surface area contributed by atoms with Crippen molar-refractivity contribution in [2.75, 3.05) is 0 Å². The van der Waals surface area contributed by atoms with Crippen molar-refractivity contribution in [2.24, 2.45) is 7.05 Å². The molecule has 2 aromatic carbocycles. The monoisotopic (exact) mass is 380 g/mol. The summed E-state index contributed by atoms with van der Waals surface area (Å²) in [6, 6.07) is 16.9. The van der Waals surface area contributed by atoms with Crippen molar-refractivity contribution < 1.29 is 0 Å². The molecule has 0 bridgehead atoms. The van der Waals surface area contributed by atoms with Gasteiger partial charge < -0.3 is 4.57 Å². The van der Waals surface area contributed by atoms with Gasteiger partial charge in [-0.15, -0.1) is 0 Å². The Kier molecular flexibility index (Phi) is 3.79. The van der Waals surface area contributed by atoms with Crippen LogP contribution in [0.5, 0.6) is 0 Å². The number of para-hydroxylation sites is 2. The fourth-order valence-corrected chi connectivity index (χ4v) is 3.28. The third-order valence-corrected chi connectivity index (χ3v) is 4.85. The highest BCUT2D eigenvalue weighted by Crippen LogP contribution is 2.25. The zero-order chi connectivity index (χ0) is 13.2. The molecule has 0 N–H and O–H groups in total. The molecule has 3 aromatic rings. The molecule has 0 aliphatic rings. The maximum atomic E-state index is 4.67. The number of rotatable bonds is 3. The number of hydrogen-bond acceptors (Lipinski definition) is 2. The molecule has 0 saturated carbocycles. The third kappa shape index (κ3) is 2.79. The predicted molar refractivity (Wildman–Crippen MR) is 89.4 cm³/mol. The van der Waals surface area contributed by atoms with Crippen LogP contribution >= 0.6 is 34.4 Å². The Bertz CT molecular complexity index is 704. The first kappa shape index (κ1) is 13.0. The molecular weight excluding hydrogens is 367 g/mol. The average molecular weight is 380 g/mol. The van der Waals surface area contributed by atoms with Gasteiger partial charge in [-0.25, -0.2) is 4.98 Å². The van der Waals surface area contributed by atoms with Crippen LogP contribution < -0.4 is 0 Å². The summed E-state index contributed by atoms with van der Waals surface area (Å²) in [4.78, 5) is 4.67. The molecule has 4 heteroatoms. The van der Waals surface area contributed by atoms with E-state index in [0.29, 0.717) is 0 Å². The van der Waals surface area contributed by atoms with E-state index in [-0.39, 0.29) is 0 Å². The molecule has 96 valence electrons. The molecule has 2 nitrogen and oxygen atoms in total. The molecule has 0 aliphatic heterocycles. The quantitative estimate of drug-likeness (QED) is 0.493. The molecule has 3 rings (SSSR count). The Morgan fingerprint density at radius 3 is 2.58 bits per heavy atom. The van der Waals surface area contributed by atoms with Crippen molar-refractivity contribution in [3.63, 3.8) is 0 Å². The van der Waals surface area contributed by atoms with Crippen LogP contribution in [0.15, 0.2) is 53.7 Å². The smallest absolute Gasteiger partial charge is 0.169 e. The molecule has 0 fully saturated rings. The van der Waals surface area contributed by atoms with E-state index >= 15 is 0 Å². The summed E-state index contributed by atoms with van der Waals surface area (Å²) in [5, 5.41) is 1.07. The maximum absolute atomic E-state index is 4.67. The summed E-state index contributed by atoms with van der Waals surface area (Å²) < 4.78 is 3.43. The van der Waals surface area contributed by atoms with Crippen LogP contribution in [0.3, 0.4) is 0 Å². The third-order valence-electron chi connectivity index (χ3n) is 3.03. The van der Waals surface area contributed by atoms with Crippen molar-refractivity contribution in [3.05, 3.63) is 57.7 Å². The van der Waals surface area contributed by atoms with Gasteiger partial charge in [0.25, 0.3) is 0 Å². The van der Waals surface area contributed by atoms with E-state index in [2.05, 4.69) is 81.7 Å². The second-order valence-electron chi connectivity index (χ2n) is 4.36. The van der Waals surface area contributed by atoms with Crippen LogP contribution in [-0.4, -0.2) is 9.55 Å². The van der Waals surface area contributed by atoms with Gasteiger partial charge in [0, 0.05) is 16.4 Å². The van der Waals surface area contributed by atoms with Crippen LogP contribution in [0.1, 0.15) is 5.56 Å². The lowest BCUT2D eigenvalue weighted by Crippen LogP contribution is -1.91. The van der Waals surface area contributed by atoms with E-state index in [9.17, 15) is 0 Å². The maximum Gasteiger partial charge on any atom is 0.169 e. The minimum atomic E-state index is 0.952. The highest BCUT2D eigenvalue weighted by atomic mass is 127. The first-order chi connectivity index (χ1) is 9.24. The Labute approximate surface area is 130 Å². The second-order valence-corrected chi connectivity index (χ2v) is 6.55.